The van der Waals surface area contributed by atoms with Gasteiger partial charge < -0.3 is 15.0 Å². The lowest BCUT2D eigenvalue weighted by Gasteiger charge is -2.37. The number of carbonyl (C=O) groups is 1. The number of benzene rings is 2. The van der Waals surface area contributed by atoms with Gasteiger partial charge in [0, 0.05) is 23.1 Å². The number of nitrogens with zero attached hydrogens (tertiary/aromatic N) is 4. The van der Waals surface area contributed by atoms with E-state index in [1.54, 1.807) is 19.1 Å². The van der Waals surface area contributed by atoms with Crippen LogP contribution in [0, 0.1) is 18.3 Å². The van der Waals surface area contributed by atoms with Crippen molar-refractivity contribution in [3.05, 3.63) is 52.6 Å². The lowest BCUT2D eigenvalue weighted by Crippen LogP contribution is -2.57. The lowest BCUT2D eigenvalue weighted by atomic mass is 9.90. The maximum Gasteiger partial charge on any atom is 0.330 e. The van der Waals surface area contributed by atoms with Gasteiger partial charge in [-0.3, -0.25) is 4.48 Å². The van der Waals surface area contributed by atoms with Crippen LogP contribution in [0.2, 0.25) is 0 Å². The number of ether oxygens (including phenoxy) is 1. The van der Waals surface area contributed by atoms with Crippen LogP contribution in [0.4, 0.5) is 0 Å². The second-order valence-corrected chi connectivity index (χ2v) is 9.44. The summed E-state index contributed by atoms with van der Waals surface area (Å²) in [5.74, 6) is 1.41. The van der Waals surface area contributed by atoms with Crippen LogP contribution in [0.15, 0.2) is 34.9 Å². The molecule has 4 rings (SSSR count). The number of fused-ring (bicyclic) bond motifs is 1. The van der Waals surface area contributed by atoms with Gasteiger partial charge in [0.2, 0.25) is 5.82 Å². The Morgan fingerprint density at radius 2 is 2.03 bits per heavy atom. The van der Waals surface area contributed by atoms with Crippen molar-refractivity contribution in [1.82, 2.24) is 10.1 Å². The van der Waals surface area contributed by atoms with E-state index in [0.29, 0.717) is 46.2 Å². The third-order valence-corrected chi connectivity index (χ3v) is 6.37. The van der Waals surface area contributed by atoms with E-state index in [1.807, 2.05) is 39.1 Å². The van der Waals surface area contributed by atoms with Crippen LogP contribution < -0.4 is 10.5 Å². The summed E-state index contributed by atoms with van der Waals surface area (Å²) in [5, 5.41) is 13.7. The molecule has 8 heteroatoms. The first kappa shape index (κ1) is 23.6. The van der Waals surface area contributed by atoms with Crippen LogP contribution in [0.3, 0.4) is 0 Å². The highest BCUT2D eigenvalue weighted by atomic mass is 16.5. The Balaban J connectivity index is 1.63. The van der Waals surface area contributed by atoms with Gasteiger partial charge in [0.1, 0.15) is 24.4 Å². The quantitative estimate of drug-likeness (QED) is 0.577. The highest BCUT2D eigenvalue weighted by molar-refractivity contribution is 5.75. The molecule has 3 aromatic rings. The Morgan fingerprint density at radius 3 is 2.71 bits per heavy atom. The van der Waals surface area contributed by atoms with Gasteiger partial charge in [-0.1, -0.05) is 17.3 Å². The average molecular weight is 461 g/mol. The van der Waals surface area contributed by atoms with Crippen molar-refractivity contribution in [1.29, 1.82) is 5.26 Å². The molecule has 1 unspecified atom stereocenters. The van der Waals surface area contributed by atoms with Crippen LogP contribution in [0.5, 0.6) is 5.75 Å². The zero-order valence-corrected chi connectivity index (χ0v) is 20.3. The number of hydrogen-bond donors (Lipinski definition) is 1. The van der Waals surface area contributed by atoms with Crippen molar-refractivity contribution in [2.75, 3.05) is 13.6 Å². The summed E-state index contributed by atoms with van der Waals surface area (Å²) < 4.78 is 11.5. The van der Waals surface area contributed by atoms with Crippen LogP contribution in [-0.4, -0.2) is 46.3 Å². The van der Waals surface area contributed by atoms with Gasteiger partial charge >= 0.3 is 5.91 Å². The van der Waals surface area contributed by atoms with E-state index in [9.17, 15) is 10.1 Å². The van der Waals surface area contributed by atoms with E-state index in [4.69, 9.17) is 15.0 Å². The molecule has 34 heavy (non-hydrogen) atoms. The zero-order chi connectivity index (χ0) is 24.6. The minimum absolute atomic E-state index is 0.0339. The van der Waals surface area contributed by atoms with Gasteiger partial charge in [0.05, 0.1) is 25.3 Å². The molecular weight excluding hydrogens is 430 g/mol. The molecule has 2 heterocycles. The summed E-state index contributed by atoms with van der Waals surface area (Å²) in [6.07, 6.45) is 0.741. The van der Waals surface area contributed by atoms with Crippen molar-refractivity contribution in [3.8, 4) is 34.7 Å². The summed E-state index contributed by atoms with van der Waals surface area (Å²) in [6, 6.07) is 11.0. The summed E-state index contributed by atoms with van der Waals surface area (Å²) in [4.78, 5) is 17.3. The molecule has 8 nitrogen and oxygen atoms in total. The number of carbonyl (C=O) groups excluding carboxylic acids is 1. The predicted octanol–water partition coefficient (Wildman–Crippen LogP) is 3.75. The second-order valence-electron chi connectivity index (χ2n) is 9.44. The number of amides is 1. The molecule has 0 fully saturated rings. The third-order valence-electron chi connectivity index (χ3n) is 6.37. The Hall–Kier alpha value is -3.54. The molecule has 0 saturated heterocycles. The van der Waals surface area contributed by atoms with Gasteiger partial charge in [0.15, 0.2) is 0 Å². The number of nitrogens with two attached hydrogens (primary N) is 1. The fourth-order valence-corrected chi connectivity index (χ4v) is 4.60. The molecule has 0 radical (unpaired) electrons. The molecule has 0 saturated carbocycles. The van der Waals surface area contributed by atoms with Crippen LogP contribution in [0.25, 0.3) is 22.8 Å². The summed E-state index contributed by atoms with van der Waals surface area (Å²) in [6.45, 7) is 8.95. The molecule has 1 amide bonds. The van der Waals surface area contributed by atoms with Crippen molar-refractivity contribution < 1.29 is 18.5 Å². The van der Waals surface area contributed by atoms with E-state index in [2.05, 4.69) is 23.1 Å². The van der Waals surface area contributed by atoms with Crippen molar-refractivity contribution in [3.63, 3.8) is 0 Å². The Labute approximate surface area is 199 Å². The van der Waals surface area contributed by atoms with Gasteiger partial charge in [0.25, 0.3) is 5.89 Å². The highest BCUT2D eigenvalue weighted by Gasteiger charge is 2.38. The summed E-state index contributed by atoms with van der Waals surface area (Å²) >= 11 is 0. The number of rotatable bonds is 5. The number of hydrogen-bond acceptors (Lipinski definition) is 7. The molecule has 0 bridgehead atoms. The summed E-state index contributed by atoms with van der Waals surface area (Å²) in [7, 11) is 1.95. The van der Waals surface area contributed by atoms with Gasteiger partial charge in [-0.25, -0.2) is 4.79 Å². The molecule has 176 valence electrons. The van der Waals surface area contributed by atoms with Crippen LogP contribution >= 0.6 is 0 Å². The molecule has 2 aromatic carbocycles. The number of aromatic nitrogens is 2. The number of nitriles is 1. The zero-order valence-electron chi connectivity index (χ0n) is 20.3. The van der Waals surface area contributed by atoms with Crippen molar-refractivity contribution >= 4 is 5.91 Å². The fourth-order valence-electron chi connectivity index (χ4n) is 4.60. The van der Waals surface area contributed by atoms with Gasteiger partial charge in [-0.15, -0.1) is 0 Å². The van der Waals surface area contributed by atoms with Crippen molar-refractivity contribution in [2.24, 2.45) is 5.73 Å². The average Bonchev–Trinajstić information content (AvgIpc) is 3.28. The maximum atomic E-state index is 12.6. The third kappa shape index (κ3) is 4.32. The first-order valence-corrected chi connectivity index (χ1v) is 11.4. The molecular formula is C26H30N5O3+. The normalized spacial score (nSPS) is 18.3. The first-order valence-electron chi connectivity index (χ1n) is 11.4. The van der Waals surface area contributed by atoms with E-state index < -0.39 is 6.04 Å². The second kappa shape index (κ2) is 9.01. The topological polar surface area (TPSA) is 115 Å². The monoisotopic (exact) mass is 460 g/mol. The Kier molecular flexibility index (Phi) is 6.26. The molecule has 2 N–H and O–H groups in total. The van der Waals surface area contributed by atoms with E-state index in [1.165, 1.54) is 5.56 Å². The van der Waals surface area contributed by atoms with Crippen LogP contribution in [0.1, 0.15) is 43.0 Å². The standard InChI is InChI=1S/C26H30N5O3/c1-15(2)33-23-9-7-18(12-20(23)13-27)25-29-24(30-34-25)22-8-6-19-14-31(5,26(32)17(4)28)11-10-21(19)16(22)3/h6-9,12,15,17H,10-11,14,28H2,1-5H3/q+1/t17-,31?/m0/s1. The Morgan fingerprint density at radius 1 is 1.26 bits per heavy atom. The maximum absolute atomic E-state index is 12.6. The van der Waals surface area contributed by atoms with Gasteiger partial charge in [-0.2, -0.15) is 10.2 Å². The van der Waals surface area contributed by atoms with Crippen molar-refractivity contribution in [2.45, 2.75) is 52.8 Å². The van der Waals surface area contributed by atoms with Gasteiger partial charge in [-0.05, 0) is 57.0 Å². The molecule has 0 spiro atoms. The smallest absolute Gasteiger partial charge is 0.330 e. The molecule has 1 aliphatic heterocycles. The molecule has 0 aliphatic carbocycles. The minimum atomic E-state index is -0.489. The fraction of sp³-hybridized carbons (Fsp3) is 0.385. The number of likely N-dealkylation sites (N-methyl/N-ethyl adjacent to an activating group) is 1. The largest absolute Gasteiger partial charge is 0.490 e. The predicted molar refractivity (Wildman–Crippen MR) is 128 cm³/mol. The van der Waals surface area contributed by atoms with E-state index in [-0.39, 0.29) is 12.0 Å². The molecule has 1 aromatic heterocycles. The first-order chi connectivity index (χ1) is 16.1. The summed E-state index contributed by atoms with van der Waals surface area (Å²) in [5.41, 5.74) is 11.3. The molecule has 1 aliphatic rings. The van der Waals surface area contributed by atoms with Crippen LogP contribution in [-0.2, 0) is 17.8 Å². The minimum Gasteiger partial charge on any atom is -0.490 e. The van der Waals surface area contributed by atoms with E-state index >= 15 is 0 Å². The SMILES string of the molecule is Cc1c(-c2noc(-c3ccc(OC(C)C)c(C#N)c3)n2)ccc2c1CC[N+](C)(C(=O)[C@H](C)N)C2. The Bertz CT molecular complexity index is 1290. The lowest BCUT2D eigenvalue weighted by molar-refractivity contribution is -0.850. The number of quaternary nitrogens is 1. The molecule has 2 atom stereocenters. The van der Waals surface area contributed by atoms with E-state index in [0.717, 1.165) is 23.1 Å². The highest BCUT2D eigenvalue weighted by Crippen LogP contribution is 2.33.